The second-order valence-electron chi connectivity index (χ2n) is 4.74. The van der Waals surface area contributed by atoms with E-state index in [2.05, 4.69) is 40.5 Å². The highest BCUT2D eigenvalue weighted by atomic mass is 32.1. The molecule has 0 unspecified atom stereocenters. The Morgan fingerprint density at radius 2 is 2.06 bits per heavy atom. The second kappa shape index (κ2) is 5.06. The molecule has 0 saturated heterocycles. The maximum absolute atomic E-state index is 4.46. The molecule has 2 aromatic heterocycles. The van der Waals surface area contributed by atoms with Gasteiger partial charge in [0.2, 0.25) is 5.13 Å². The summed E-state index contributed by atoms with van der Waals surface area (Å²) >= 11 is 1.42. The largest absolute Gasteiger partial charge is 0.356 e. The van der Waals surface area contributed by atoms with E-state index in [1.54, 1.807) is 0 Å². The highest BCUT2D eigenvalue weighted by Crippen LogP contribution is 2.19. The minimum Gasteiger partial charge on any atom is -0.356 e. The zero-order chi connectivity index (χ0) is 13.3. The van der Waals surface area contributed by atoms with Crippen molar-refractivity contribution in [3.8, 4) is 0 Å². The number of anilines is 1. The Kier molecular flexibility index (Phi) is 3.65. The number of aromatic nitrogens is 4. The van der Waals surface area contributed by atoms with Crippen LogP contribution in [-0.2, 0) is 13.6 Å². The average Bonchev–Trinajstić information content (AvgIpc) is 2.85. The summed E-state index contributed by atoms with van der Waals surface area (Å²) in [5.41, 5.74) is 3.49. The summed E-state index contributed by atoms with van der Waals surface area (Å²) in [5.74, 6) is 1.28. The molecule has 0 aliphatic carbocycles. The van der Waals surface area contributed by atoms with Crippen molar-refractivity contribution in [2.75, 3.05) is 5.32 Å². The van der Waals surface area contributed by atoms with Gasteiger partial charge in [-0.3, -0.25) is 4.68 Å². The lowest BCUT2D eigenvalue weighted by Gasteiger charge is -2.03. The fraction of sp³-hybridized carbons (Fsp3) is 0.583. The molecule has 0 atom stereocenters. The van der Waals surface area contributed by atoms with Crippen LogP contribution < -0.4 is 5.32 Å². The minimum atomic E-state index is 0.374. The number of nitrogens with one attached hydrogen (secondary N) is 1. The molecule has 18 heavy (non-hydrogen) atoms. The first-order valence-electron chi connectivity index (χ1n) is 6.05. The van der Waals surface area contributed by atoms with E-state index >= 15 is 0 Å². The summed E-state index contributed by atoms with van der Waals surface area (Å²) in [7, 11) is 1.97. The first-order valence-corrected chi connectivity index (χ1v) is 6.83. The number of nitrogens with zero attached hydrogens (tertiary/aromatic N) is 4. The Balaban J connectivity index is 2.06. The van der Waals surface area contributed by atoms with Gasteiger partial charge in [-0.25, -0.2) is 4.98 Å². The van der Waals surface area contributed by atoms with Gasteiger partial charge < -0.3 is 5.32 Å². The van der Waals surface area contributed by atoms with Gasteiger partial charge in [-0.05, 0) is 13.8 Å². The van der Waals surface area contributed by atoms with Crippen LogP contribution >= 0.6 is 11.5 Å². The van der Waals surface area contributed by atoms with E-state index in [9.17, 15) is 0 Å². The molecule has 6 heteroatoms. The van der Waals surface area contributed by atoms with E-state index in [4.69, 9.17) is 0 Å². The monoisotopic (exact) mass is 265 g/mol. The third-order valence-corrected chi connectivity index (χ3v) is 3.72. The third-order valence-electron chi connectivity index (χ3n) is 3.03. The number of hydrogen-bond donors (Lipinski definition) is 1. The zero-order valence-corrected chi connectivity index (χ0v) is 12.3. The maximum atomic E-state index is 4.46. The van der Waals surface area contributed by atoms with E-state index in [1.165, 1.54) is 22.8 Å². The van der Waals surface area contributed by atoms with Crippen molar-refractivity contribution >= 4 is 16.7 Å². The molecule has 98 valence electrons. The molecule has 0 saturated carbocycles. The summed E-state index contributed by atoms with van der Waals surface area (Å²) in [6, 6.07) is 0. The van der Waals surface area contributed by atoms with Crippen LogP contribution in [0.4, 0.5) is 5.13 Å². The lowest BCUT2D eigenvalue weighted by Crippen LogP contribution is -2.02. The van der Waals surface area contributed by atoms with Crippen molar-refractivity contribution in [3.05, 3.63) is 22.8 Å². The number of hydrogen-bond acceptors (Lipinski definition) is 5. The van der Waals surface area contributed by atoms with Crippen molar-refractivity contribution in [1.82, 2.24) is 19.1 Å². The van der Waals surface area contributed by atoms with Gasteiger partial charge in [0.15, 0.2) is 0 Å². The van der Waals surface area contributed by atoms with Gasteiger partial charge in [-0.2, -0.15) is 9.47 Å². The van der Waals surface area contributed by atoms with Crippen molar-refractivity contribution in [2.24, 2.45) is 7.05 Å². The number of aryl methyl sites for hydroxylation is 2. The average molecular weight is 265 g/mol. The highest BCUT2D eigenvalue weighted by Gasteiger charge is 2.11. The Bertz CT molecular complexity index is 541. The van der Waals surface area contributed by atoms with Gasteiger partial charge in [0.1, 0.15) is 5.82 Å². The van der Waals surface area contributed by atoms with Crippen molar-refractivity contribution < 1.29 is 0 Å². The fourth-order valence-corrected chi connectivity index (χ4v) is 2.48. The SMILES string of the molecule is Cc1nn(C)c(C)c1CNc1nc(C(C)C)ns1. The number of rotatable bonds is 4. The summed E-state index contributed by atoms with van der Waals surface area (Å²) in [5, 5.41) is 8.60. The van der Waals surface area contributed by atoms with Crippen molar-refractivity contribution in [3.63, 3.8) is 0 Å². The van der Waals surface area contributed by atoms with Gasteiger partial charge in [0, 0.05) is 42.3 Å². The van der Waals surface area contributed by atoms with Crippen LogP contribution in [0.25, 0.3) is 0 Å². The van der Waals surface area contributed by atoms with E-state index in [1.807, 2.05) is 18.7 Å². The van der Waals surface area contributed by atoms with Gasteiger partial charge >= 0.3 is 0 Å². The second-order valence-corrected chi connectivity index (χ2v) is 5.49. The molecular formula is C12H19N5S. The van der Waals surface area contributed by atoms with Crippen LogP contribution in [0.1, 0.15) is 42.5 Å². The van der Waals surface area contributed by atoms with Crippen LogP contribution in [0.15, 0.2) is 0 Å². The van der Waals surface area contributed by atoms with Crippen molar-refractivity contribution in [1.29, 1.82) is 0 Å². The Labute approximate surface area is 111 Å². The van der Waals surface area contributed by atoms with Gasteiger partial charge in [-0.15, -0.1) is 0 Å². The molecule has 2 heterocycles. The smallest absolute Gasteiger partial charge is 0.202 e. The van der Waals surface area contributed by atoms with Crippen LogP contribution in [-0.4, -0.2) is 19.1 Å². The molecule has 0 radical (unpaired) electrons. The van der Waals surface area contributed by atoms with Gasteiger partial charge in [0.25, 0.3) is 0 Å². The van der Waals surface area contributed by atoms with Crippen LogP contribution in [0.3, 0.4) is 0 Å². The standard InChI is InChI=1S/C12H19N5S/c1-7(2)11-14-12(18-16-11)13-6-10-8(3)15-17(5)9(10)4/h7H,6H2,1-5H3,(H,13,14,16). The topological polar surface area (TPSA) is 55.6 Å². The van der Waals surface area contributed by atoms with Gasteiger partial charge in [-0.1, -0.05) is 13.8 Å². The third kappa shape index (κ3) is 2.53. The maximum Gasteiger partial charge on any atom is 0.202 e. The molecule has 2 aromatic rings. The summed E-state index contributed by atoms with van der Waals surface area (Å²) in [4.78, 5) is 4.46. The van der Waals surface area contributed by atoms with Crippen LogP contribution in [0.5, 0.6) is 0 Å². The molecule has 0 spiro atoms. The molecule has 0 aliphatic heterocycles. The quantitative estimate of drug-likeness (QED) is 0.923. The van der Waals surface area contributed by atoms with Gasteiger partial charge in [0.05, 0.1) is 5.69 Å². The lowest BCUT2D eigenvalue weighted by atomic mass is 10.2. The molecule has 0 fully saturated rings. The van der Waals surface area contributed by atoms with E-state index in [0.29, 0.717) is 5.92 Å². The first kappa shape index (κ1) is 13.0. The zero-order valence-electron chi connectivity index (χ0n) is 11.5. The highest BCUT2D eigenvalue weighted by molar-refractivity contribution is 7.09. The molecule has 0 aromatic carbocycles. The normalized spacial score (nSPS) is 11.2. The van der Waals surface area contributed by atoms with E-state index in [-0.39, 0.29) is 0 Å². The lowest BCUT2D eigenvalue weighted by molar-refractivity contribution is 0.730. The summed E-state index contributed by atoms with van der Waals surface area (Å²) in [6.45, 7) is 9.06. The molecule has 0 aliphatic rings. The molecular weight excluding hydrogens is 246 g/mol. The van der Waals surface area contributed by atoms with Crippen LogP contribution in [0, 0.1) is 13.8 Å². The Morgan fingerprint density at radius 1 is 1.33 bits per heavy atom. The van der Waals surface area contributed by atoms with E-state index in [0.717, 1.165) is 23.2 Å². The summed E-state index contributed by atoms with van der Waals surface area (Å²) in [6.07, 6.45) is 0. The molecule has 1 N–H and O–H groups in total. The molecule has 0 amide bonds. The predicted molar refractivity (Wildman–Crippen MR) is 74.0 cm³/mol. The fourth-order valence-electron chi connectivity index (χ4n) is 1.78. The van der Waals surface area contributed by atoms with E-state index < -0.39 is 0 Å². The minimum absolute atomic E-state index is 0.374. The summed E-state index contributed by atoms with van der Waals surface area (Å²) < 4.78 is 6.23. The molecule has 0 bridgehead atoms. The molecule has 5 nitrogen and oxygen atoms in total. The predicted octanol–water partition coefficient (Wildman–Crippen LogP) is 2.62. The Morgan fingerprint density at radius 3 is 2.56 bits per heavy atom. The first-order chi connectivity index (χ1) is 8.49. The molecule has 2 rings (SSSR count). The van der Waals surface area contributed by atoms with Crippen LogP contribution in [0.2, 0.25) is 0 Å². The Hall–Kier alpha value is -1.43. The van der Waals surface area contributed by atoms with Crippen molar-refractivity contribution in [2.45, 2.75) is 40.2 Å².